The number of aromatic nitrogens is 2. The van der Waals surface area contributed by atoms with Gasteiger partial charge in [-0.05, 0) is 18.6 Å². The second kappa shape index (κ2) is 7.02. The standard InChI is InChI=1S/C16H19N5O.H2S/c1-3-12-10-18-6-7-21(12)14-8-15(22)20(2)13-5-4-11(9-17)19-16(13)14;/h4-5,8,12,18H,3,6-7,10H2,1-2H3;1H2/t12-;/m0./s1. The van der Waals surface area contributed by atoms with Crippen molar-refractivity contribution in [2.75, 3.05) is 24.5 Å². The molecular weight excluding hydrogens is 310 g/mol. The number of piperazine rings is 1. The number of hydrogen-bond donors (Lipinski definition) is 1. The van der Waals surface area contributed by atoms with Crippen molar-refractivity contribution >= 4 is 30.2 Å². The van der Waals surface area contributed by atoms with E-state index in [0.717, 1.165) is 42.8 Å². The molecule has 7 heteroatoms. The molecule has 1 aliphatic heterocycles. The van der Waals surface area contributed by atoms with Crippen LogP contribution < -0.4 is 15.8 Å². The topological polar surface area (TPSA) is 74.0 Å². The van der Waals surface area contributed by atoms with Crippen LogP contribution in [0, 0.1) is 11.3 Å². The SMILES string of the molecule is CC[C@H]1CNCCN1c1cc(=O)n(C)c2ccc(C#N)nc12.S. The van der Waals surface area contributed by atoms with Gasteiger partial charge in [0.1, 0.15) is 17.3 Å². The highest BCUT2D eigenvalue weighted by Gasteiger charge is 2.24. The Labute approximate surface area is 142 Å². The summed E-state index contributed by atoms with van der Waals surface area (Å²) in [6.45, 7) is 4.75. The maximum absolute atomic E-state index is 12.3. The van der Waals surface area contributed by atoms with Crippen LogP contribution in [0.15, 0.2) is 23.0 Å². The number of nitrogens with one attached hydrogen (secondary N) is 1. The normalized spacial score (nSPS) is 17.6. The minimum Gasteiger partial charge on any atom is -0.364 e. The van der Waals surface area contributed by atoms with Crippen molar-refractivity contribution in [3.8, 4) is 6.07 Å². The molecule has 2 aromatic heterocycles. The molecule has 1 aliphatic rings. The molecule has 0 amide bonds. The van der Waals surface area contributed by atoms with Gasteiger partial charge in [0.05, 0.1) is 11.2 Å². The average molecular weight is 331 g/mol. The van der Waals surface area contributed by atoms with Gasteiger partial charge in [-0.3, -0.25) is 4.79 Å². The molecule has 0 saturated carbocycles. The van der Waals surface area contributed by atoms with Crippen LogP contribution in [0.1, 0.15) is 19.0 Å². The molecule has 0 unspecified atom stereocenters. The molecule has 0 aromatic carbocycles. The molecule has 2 aromatic rings. The molecule has 1 atom stereocenters. The molecule has 0 bridgehead atoms. The molecule has 23 heavy (non-hydrogen) atoms. The van der Waals surface area contributed by atoms with E-state index >= 15 is 0 Å². The summed E-state index contributed by atoms with van der Waals surface area (Å²) in [5.41, 5.74) is 2.64. The number of hydrogen-bond acceptors (Lipinski definition) is 5. The van der Waals surface area contributed by atoms with Crippen LogP contribution in [0.3, 0.4) is 0 Å². The molecule has 3 rings (SSSR count). The fourth-order valence-electron chi connectivity index (χ4n) is 3.04. The van der Waals surface area contributed by atoms with E-state index in [0.29, 0.717) is 11.7 Å². The third-order valence-corrected chi connectivity index (χ3v) is 4.31. The van der Waals surface area contributed by atoms with Crippen molar-refractivity contribution in [2.24, 2.45) is 7.05 Å². The zero-order valence-electron chi connectivity index (χ0n) is 13.3. The first kappa shape index (κ1) is 17.3. The molecule has 6 nitrogen and oxygen atoms in total. The lowest BCUT2D eigenvalue weighted by Gasteiger charge is -2.37. The largest absolute Gasteiger partial charge is 0.364 e. The predicted molar refractivity (Wildman–Crippen MR) is 96.4 cm³/mol. The third-order valence-electron chi connectivity index (χ3n) is 4.31. The summed E-state index contributed by atoms with van der Waals surface area (Å²) in [4.78, 5) is 19.0. The predicted octanol–water partition coefficient (Wildman–Crippen LogP) is 1.11. The first-order chi connectivity index (χ1) is 10.7. The van der Waals surface area contributed by atoms with E-state index in [4.69, 9.17) is 5.26 Å². The Morgan fingerprint density at radius 3 is 2.96 bits per heavy atom. The number of rotatable bonds is 2. The quantitative estimate of drug-likeness (QED) is 0.892. The van der Waals surface area contributed by atoms with Gasteiger partial charge < -0.3 is 14.8 Å². The Morgan fingerprint density at radius 2 is 2.26 bits per heavy atom. The molecule has 1 N–H and O–H groups in total. The fraction of sp³-hybridized carbons (Fsp3) is 0.438. The second-order valence-corrected chi connectivity index (χ2v) is 5.56. The van der Waals surface area contributed by atoms with Crippen LogP contribution in [-0.4, -0.2) is 35.2 Å². The minimum atomic E-state index is -0.0533. The smallest absolute Gasteiger partial charge is 0.252 e. The summed E-state index contributed by atoms with van der Waals surface area (Å²) >= 11 is 0. The summed E-state index contributed by atoms with van der Waals surface area (Å²) in [5, 5.41) is 12.5. The third kappa shape index (κ3) is 3.05. The van der Waals surface area contributed by atoms with Crippen LogP contribution in [-0.2, 0) is 7.05 Å². The van der Waals surface area contributed by atoms with Crippen molar-refractivity contribution in [2.45, 2.75) is 19.4 Å². The van der Waals surface area contributed by atoms with Crippen LogP contribution >= 0.6 is 13.5 Å². The van der Waals surface area contributed by atoms with Crippen molar-refractivity contribution in [1.29, 1.82) is 5.26 Å². The van der Waals surface area contributed by atoms with Gasteiger partial charge in [0.2, 0.25) is 0 Å². The number of nitriles is 1. The Kier molecular flexibility index (Phi) is 5.29. The minimum absolute atomic E-state index is 0. The van der Waals surface area contributed by atoms with E-state index in [1.54, 1.807) is 29.8 Å². The van der Waals surface area contributed by atoms with Gasteiger partial charge in [-0.2, -0.15) is 18.8 Å². The molecule has 1 fully saturated rings. The maximum Gasteiger partial charge on any atom is 0.252 e. The van der Waals surface area contributed by atoms with Crippen molar-refractivity contribution in [3.05, 3.63) is 34.2 Å². The molecule has 0 spiro atoms. The fourth-order valence-corrected chi connectivity index (χ4v) is 3.04. The van der Waals surface area contributed by atoms with Crippen molar-refractivity contribution in [3.63, 3.8) is 0 Å². The summed E-state index contributed by atoms with van der Waals surface area (Å²) in [6.07, 6.45) is 0.988. The van der Waals surface area contributed by atoms with E-state index < -0.39 is 0 Å². The molecule has 0 aliphatic carbocycles. The first-order valence-electron chi connectivity index (χ1n) is 7.54. The van der Waals surface area contributed by atoms with E-state index in [1.807, 2.05) is 0 Å². The highest BCUT2D eigenvalue weighted by Crippen LogP contribution is 2.26. The van der Waals surface area contributed by atoms with E-state index in [-0.39, 0.29) is 19.1 Å². The van der Waals surface area contributed by atoms with Gasteiger partial charge in [-0.25, -0.2) is 4.98 Å². The maximum atomic E-state index is 12.3. The number of pyridine rings is 2. The summed E-state index contributed by atoms with van der Waals surface area (Å²) in [5.74, 6) is 0. The monoisotopic (exact) mass is 331 g/mol. The van der Waals surface area contributed by atoms with Gasteiger partial charge in [0, 0.05) is 38.8 Å². The number of anilines is 1. The average Bonchev–Trinajstić information content (AvgIpc) is 2.57. The first-order valence-corrected chi connectivity index (χ1v) is 7.54. The zero-order chi connectivity index (χ0) is 15.7. The number of fused-ring (bicyclic) bond motifs is 1. The lowest BCUT2D eigenvalue weighted by atomic mass is 10.1. The van der Waals surface area contributed by atoms with E-state index in [9.17, 15) is 4.79 Å². The molecule has 0 radical (unpaired) electrons. The Bertz CT molecular complexity index is 810. The number of aryl methyl sites for hydroxylation is 1. The summed E-state index contributed by atoms with van der Waals surface area (Å²) in [7, 11) is 1.73. The molecule has 1 saturated heterocycles. The Balaban J connectivity index is 0.00000192. The van der Waals surface area contributed by atoms with Gasteiger partial charge in [-0.15, -0.1) is 0 Å². The number of nitrogens with zero attached hydrogens (tertiary/aromatic N) is 4. The van der Waals surface area contributed by atoms with Crippen molar-refractivity contribution in [1.82, 2.24) is 14.9 Å². The Morgan fingerprint density at radius 1 is 1.48 bits per heavy atom. The van der Waals surface area contributed by atoms with Crippen LogP contribution in [0.5, 0.6) is 0 Å². The molecule has 3 heterocycles. The summed E-state index contributed by atoms with van der Waals surface area (Å²) in [6, 6.07) is 7.51. The van der Waals surface area contributed by atoms with Gasteiger partial charge in [0.15, 0.2) is 0 Å². The van der Waals surface area contributed by atoms with Crippen LogP contribution in [0.2, 0.25) is 0 Å². The lowest BCUT2D eigenvalue weighted by Crippen LogP contribution is -2.51. The van der Waals surface area contributed by atoms with E-state index in [2.05, 4.69) is 28.2 Å². The molecular formula is C16H21N5OS. The zero-order valence-corrected chi connectivity index (χ0v) is 14.3. The Hall–Kier alpha value is -2.04. The molecule has 122 valence electrons. The van der Waals surface area contributed by atoms with Gasteiger partial charge in [0.25, 0.3) is 5.56 Å². The summed E-state index contributed by atoms with van der Waals surface area (Å²) < 4.78 is 1.58. The van der Waals surface area contributed by atoms with Gasteiger partial charge >= 0.3 is 0 Å². The van der Waals surface area contributed by atoms with Crippen molar-refractivity contribution < 1.29 is 0 Å². The van der Waals surface area contributed by atoms with Gasteiger partial charge in [-0.1, -0.05) is 6.92 Å². The highest BCUT2D eigenvalue weighted by atomic mass is 32.1. The lowest BCUT2D eigenvalue weighted by molar-refractivity contribution is 0.467. The van der Waals surface area contributed by atoms with E-state index in [1.165, 1.54) is 0 Å². The van der Waals surface area contributed by atoms with Crippen LogP contribution in [0.4, 0.5) is 5.69 Å². The van der Waals surface area contributed by atoms with Crippen LogP contribution in [0.25, 0.3) is 11.0 Å². The highest BCUT2D eigenvalue weighted by molar-refractivity contribution is 7.59. The second-order valence-electron chi connectivity index (χ2n) is 5.56.